The summed E-state index contributed by atoms with van der Waals surface area (Å²) in [5.74, 6) is 0.545. The van der Waals surface area contributed by atoms with E-state index < -0.39 is 0 Å². The Bertz CT molecular complexity index is 628. The Kier molecular flexibility index (Phi) is 1.89. The van der Waals surface area contributed by atoms with E-state index in [-0.39, 0.29) is 0 Å². The van der Waals surface area contributed by atoms with Gasteiger partial charge < -0.3 is 4.98 Å². The number of nitrogens with one attached hydrogen (secondary N) is 1. The van der Waals surface area contributed by atoms with Crippen molar-refractivity contribution < 1.29 is 0 Å². The van der Waals surface area contributed by atoms with E-state index in [1.807, 2.05) is 12.3 Å². The smallest absolute Gasteiger partial charge is 0.0495 e. The maximum absolute atomic E-state index is 5.80. The van der Waals surface area contributed by atoms with Crippen molar-refractivity contribution in [2.45, 2.75) is 5.88 Å². The van der Waals surface area contributed by atoms with E-state index in [1.54, 1.807) is 6.20 Å². The average Bonchev–Trinajstić information content (AvgIpc) is 2.66. The fourth-order valence-electron chi connectivity index (χ4n) is 1.88. The Labute approximate surface area is 91.9 Å². The van der Waals surface area contributed by atoms with E-state index in [0.717, 1.165) is 22.0 Å². The summed E-state index contributed by atoms with van der Waals surface area (Å²) in [5.41, 5.74) is 3.37. The number of aromatic amines is 1. The lowest BCUT2D eigenvalue weighted by Crippen LogP contribution is -1.76. The van der Waals surface area contributed by atoms with Crippen LogP contribution < -0.4 is 0 Å². The third-order valence-corrected chi connectivity index (χ3v) is 2.93. The molecule has 15 heavy (non-hydrogen) atoms. The van der Waals surface area contributed by atoms with E-state index in [0.29, 0.717) is 5.88 Å². The van der Waals surface area contributed by atoms with E-state index in [4.69, 9.17) is 11.6 Å². The van der Waals surface area contributed by atoms with Crippen LogP contribution in [0.5, 0.6) is 0 Å². The van der Waals surface area contributed by atoms with E-state index in [9.17, 15) is 0 Å². The van der Waals surface area contributed by atoms with Crippen LogP contribution in [0, 0.1) is 0 Å². The lowest BCUT2D eigenvalue weighted by Gasteiger charge is -1.94. The highest BCUT2D eigenvalue weighted by molar-refractivity contribution is 6.17. The van der Waals surface area contributed by atoms with Gasteiger partial charge in [-0.25, -0.2) is 0 Å². The second-order valence-electron chi connectivity index (χ2n) is 3.56. The van der Waals surface area contributed by atoms with Gasteiger partial charge in [0.15, 0.2) is 0 Å². The Morgan fingerprint density at radius 3 is 2.93 bits per heavy atom. The first kappa shape index (κ1) is 8.74. The number of hydrogen-bond donors (Lipinski definition) is 1. The van der Waals surface area contributed by atoms with Crippen molar-refractivity contribution in [3.63, 3.8) is 0 Å². The molecule has 2 aromatic heterocycles. The maximum atomic E-state index is 5.80. The van der Waals surface area contributed by atoms with Gasteiger partial charge in [-0.05, 0) is 17.7 Å². The quantitative estimate of drug-likeness (QED) is 0.620. The minimum Gasteiger partial charge on any atom is -0.354 e. The van der Waals surface area contributed by atoms with Crippen LogP contribution in [0.25, 0.3) is 21.8 Å². The molecule has 0 saturated heterocycles. The molecule has 3 aromatic rings. The number of H-pyrrole nitrogens is 1. The van der Waals surface area contributed by atoms with Crippen LogP contribution in [0.15, 0.2) is 36.7 Å². The van der Waals surface area contributed by atoms with E-state index >= 15 is 0 Å². The number of nitrogens with zero attached hydrogens (tertiary/aromatic N) is 1. The summed E-state index contributed by atoms with van der Waals surface area (Å²) < 4.78 is 0. The molecule has 0 spiro atoms. The minimum atomic E-state index is 0.545. The second-order valence-corrected chi connectivity index (χ2v) is 3.83. The van der Waals surface area contributed by atoms with Gasteiger partial charge in [0, 0.05) is 40.1 Å². The highest BCUT2D eigenvalue weighted by atomic mass is 35.5. The van der Waals surface area contributed by atoms with Gasteiger partial charge in [-0.15, -0.1) is 11.6 Å². The summed E-state index contributed by atoms with van der Waals surface area (Å²) in [5, 5.41) is 2.36. The van der Waals surface area contributed by atoms with Gasteiger partial charge in [-0.3, -0.25) is 4.98 Å². The summed E-state index contributed by atoms with van der Waals surface area (Å²) in [7, 11) is 0. The van der Waals surface area contributed by atoms with Crippen LogP contribution in [0.4, 0.5) is 0 Å². The molecule has 0 fully saturated rings. The third kappa shape index (κ3) is 1.29. The first-order chi connectivity index (χ1) is 7.38. The predicted molar refractivity (Wildman–Crippen MR) is 63.2 cm³/mol. The summed E-state index contributed by atoms with van der Waals surface area (Å²) in [4.78, 5) is 7.49. The Balaban J connectivity index is 2.43. The molecule has 3 heteroatoms. The number of alkyl halides is 1. The number of rotatable bonds is 1. The van der Waals surface area contributed by atoms with Crippen LogP contribution in [-0.4, -0.2) is 9.97 Å². The van der Waals surface area contributed by atoms with Gasteiger partial charge in [-0.1, -0.05) is 12.1 Å². The summed E-state index contributed by atoms with van der Waals surface area (Å²) in [6, 6.07) is 8.21. The van der Waals surface area contributed by atoms with Gasteiger partial charge in [-0.2, -0.15) is 0 Å². The summed E-state index contributed by atoms with van der Waals surface area (Å²) in [6.45, 7) is 0. The van der Waals surface area contributed by atoms with Crippen molar-refractivity contribution in [2.24, 2.45) is 0 Å². The molecule has 74 valence electrons. The van der Waals surface area contributed by atoms with Crippen molar-refractivity contribution in [3.8, 4) is 0 Å². The molecule has 0 atom stereocenters. The number of aromatic nitrogens is 2. The van der Waals surface area contributed by atoms with Crippen molar-refractivity contribution >= 4 is 33.4 Å². The molecule has 3 rings (SSSR count). The number of hydrogen-bond acceptors (Lipinski definition) is 1. The zero-order chi connectivity index (χ0) is 10.3. The number of pyridine rings is 1. The molecule has 0 aliphatic rings. The van der Waals surface area contributed by atoms with Gasteiger partial charge in [0.1, 0.15) is 0 Å². The third-order valence-electron chi connectivity index (χ3n) is 2.62. The topological polar surface area (TPSA) is 28.7 Å². The monoisotopic (exact) mass is 216 g/mol. The largest absolute Gasteiger partial charge is 0.354 e. The highest BCUT2D eigenvalue weighted by Gasteiger charge is 2.03. The predicted octanol–water partition coefficient (Wildman–Crippen LogP) is 3.45. The summed E-state index contributed by atoms with van der Waals surface area (Å²) >= 11 is 5.80. The number of fused-ring (bicyclic) bond motifs is 3. The summed E-state index contributed by atoms with van der Waals surface area (Å²) in [6.07, 6.45) is 3.68. The van der Waals surface area contributed by atoms with Crippen molar-refractivity contribution in [2.75, 3.05) is 0 Å². The molecule has 2 heterocycles. The molecule has 2 nitrogen and oxygen atoms in total. The van der Waals surface area contributed by atoms with Crippen molar-refractivity contribution in [1.29, 1.82) is 0 Å². The van der Waals surface area contributed by atoms with Crippen LogP contribution in [0.1, 0.15) is 5.56 Å². The lowest BCUT2D eigenvalue weighted by atomic mass is 10.1. The Morgan fingerprint density at radius 1 is 1.13 bits per heavy atom. The number of halogens is 1. The van der Waals surface area contributed by atoms with Crippen LogP contribution in [0.2, 0.25) is 0 Å². The SMILES string of the molecule is ClCc1ccc2c(c1)[nH]c1ccncc12. The standard InChI is InChI=1S/C12H9ClN2/c13-6-8-1-2-9-10-7-14-4-3-11(10)15-12(9)5-8/h1-5,7,15H,6H2. The van der Waals surface area contributed by atoms with E-state index in [2.05, 4.69) is 28.2 Å². The molecule has 0 aliphatic carbocycles. The molecule has 0 bridgehead atoms. The molecule has 1 N–H and O–H groups in total. The first-order valence-corrected chi connectivity index (χ1v) is 5.32. The molecule has 1 aromatic carbocycles. The molecule has 0 saturated carbocycles. The van der Waals surface area contributed by atoms with Crippen molar-refractivity contribution in [1.82, 2.24) is 9.97 Å². The molecule has 0 amide bonds. The van der Waals surface area contributed by atoms with Crippen LogP contribution in [-0.2, 0) is 5.88 Å². The molecular weight excluding hydrogens is 208 g/mol. The highest BCUT2D eigenvalue weighted by Crippen LogP contribution is 2.25. The van der Waals surface area contributed by atoms with Gasteiger partial charge >= 0.3 is 0 Å². The van der Waals surface area contributed by atoms with Gasteiger partial charge in [0.25, 0.3) is 0 Å². The lowest BCUT2D eigenvalue weighted by molar-refractivity contribution is 1.36. The molecular formula is C12H9ClN2. The fourth-order valence-corrected chi connectivity index (χ4v) is 2.04. The molecule has 0 aliphatic heterocycles. The zero-order valence-corrected chi connectivity index (χ0v) is 8.75. The minimum absolute atomic E-state index is 0.545. The molecule has 0 radical (unpaired) electrons. The Hall–Kier alpha value is -1.54. The van der Waals surface area contributed by atoms with Crippen LogP contribution in [0.3, 0.4) is 0 Å². The van der Waals surface area contributed by atoms with Gasteiger partial charge in [0.2, 0.25) is 0 Å². The van der Waals surface area contributed by atoms with Gasteiger partial charge in [0.05, 0.1) is 0 Å². The first-order valence-electron chi connectivity index (χ1n) is 4.79. The molecule has 0 unspecified atom stereocenters. The average molecular weight is 217 g/mol. The van der Waals surface area contributed by atoms with Crippen LogP contribution >= 0.6 is 11.6 Å². The maximum Gasteiger partial charge on any atom is 0.0495 e. The number of benzene rings is 1. The second kappa shape index (κ2) is 3.24. The normalized spacial score (nSPS) is 11.3. The van der Waals surface area contributed by atoms with E-state index in [1.165, 1.54) is 5.39 Å². The van der Waals surface area contributed by atoms with Crippen molar-refractivity contribution in [3.05, 3.63) is 42.2 Å². The Morgan fingerprint density at radius 2 is 2.07 bits per heavy atom. The fraction of sp³-hybridized carbons (Fsp3) is 0.0833. The zero-order valence-electron chi connectivity index (χ0n) is 8.00.